The van der Waals surface area contributed by atoms with Crippen LogP contribution in [0.4, 0.5) is 5.13 Å². The normalized spacial score (nSPS) is 14.0. The molecule has 1 aromatic carbocycles. The largest absolute Gasteiger partial charge is 0.350 e. The molecule has 0 bridgehead atoms. The molecule has 0 aliphatic heterocycles. The fourth-order valence-electron chi connectivity index (χ4n) is 3.31. The van der Waals surface area contributed by atoms with Crippen molar-refractivity contribution in [3.05, 3.63) is 46.6 Å². The van der Waals surface area contributed by atoms with Crippen molar-refractivity contribution >= 4 is 33.3 Å². The summed E-state index contributed by atoms with van der Waals surface area (Å²) in [5, 5.41) is 4.87. The number of aryl methyl sites for hydroxylation is 3. The molecular formula is C18H19N3OS. The van der Waals surface area contributed by atoms with Crippen LogP contribution in [0.5, 0.6) is 0 Å². The average Bonchev–Trinajstić information content (AvgIpc) is 3.09. The fraction of sp³-hybridized carbons (Fsp3) is 0.333. The Kier molecular flexibility index (Phi) is 3.65. The lowest BCUT2D eigenvalue weighted by atomic mass is 10.0. The van der Waals surface area contributed by atoms with Gasteiger partial charge in [-0.2, -0.15) is 0 Å². The number of carbonyl (C=O) groups excluding carboxylic acids is 1. The van der Waals surface area contributed by atoms with Gasteiger partial charge in [-0.3, -0.25) is 4.79 Å². The standard InChI is InChI=1S/C18H19N3OS/c1-21-11-12(13-6-2-4-8-15(13)21)10-17(22)20-18-19-14-7-3-5-9-16(14)23-18/h2,4,6,8,11H,3,5,7,9-10H2,1H3,(H,19,20,22). The minimum absolute atomic E-state index is 0.00690. The number of nitrogens with zero attached hydrogens (tertiary/aromatic N) is 2. The molecule has 0 fully saturated rings. The molecule has 118 valence electrons. The molecule has 4 rings (SSSR count). The van der Waals surface area contributed by atoms with Crippen LogP contribution >= 0.6 is 11.3 Å². The van der Waals surface area contributed by atoms with E-state index in [-0.39, 0.29) is 5.91 Å². The first-order valence-corrected chi connectivity index (χ1v) is 8.84. The zero-order chi connectivity index (χ0) is 15.8. The summed E-state index contributed by atoms with van der Waals surface area (Å²) in [5.41, 5.74) is 3.39. The van der Waals surface area contributed by atoms with E-state index in [2.05, 4.69) is 27.0 Å². The van der Waals surface area contributed by atoms with Crippen LogP contribution in [0.25, 0.3) is 10.9 Å². The molecule has 0 unspecified atom stereocenters. The Labute approximate surface area is 139 Å². The number of thiazole rings is 1. The van der Waals surface area contributed by atoms with E-state index in [1.807, 2.05) is 25.4 Å². The predicted octanol–water partition coefficient (Wildman–Crippen LogP) is 3.69. The van der Waals surface area contributed by atoms with Crippen molar-refractivity contribution < 1.29 is 4.79 Å². The molecule has 0 saturated heterocycles. The predicted molar refractivity (Wildman–Crippen MR) is 94.0 cm³/mol. The lowest BCUT2D eigenvalue weighted by molar-refractivity contribution is -0.115. The highest BCUT2D eigenvalue weighted by atomic mass is 32.1. The third-order valence-electron chi connectivity index (χ3n) is 4.42. The van der Waals surface area contributed by atoms with Crippen LogP contribution in [0.2, 0.25) is 0 Å². The Hall–Kier alpha value is -2.14. The molecule has 23 heavy (non-hydrogen) atoms. The Balaban J connectivity index is 1.52. The van der Waals surface area contributed by atoms with Crippen molar-refractivity contribution in [2.45, 2.75) is 32.1 Å². The highest BCUT2D eigenvalue weighted by Gasteiger charge is 2.17. The van der Waals surface area contributed by atoms with Gasteiger partial charge in [-0.15, -0.1) is 11.3 Å². The van der Waals surface area contributed by atoms with Crippen molar-refractivity contribution in [1.29, 1.82) is 0 Å². The highest BCUT2D eigenvalue weighted by molar-refractivity contribution is 7.15. The van der Waals surface area contributed by atoms with Gasteiger partial charge in [0.2, 0.25) is 5.91 Å². The van der Waals surface area contributed by atoms with Crippen molar-refractivity contribution in [2.24, 2.45) is 7.05 Å². The lowest BCUT2D eigenvalue weighted by Crippen LogP contribution is -2.14. The van der Waals surface area contributed by atoms with Crippen molar-refractivity contribution in [3.63, 3.8) is 0 Å². The third-order valence-corrected chi connectivity index (χ3v) is 5.50. The first kappa shape index (κ1) is 14.5. The molecule has 1 aliphatic carbocycles. The van der Waals surface area contributed by atoms with E-state index in [0.717, 1.165) is 34.4 Å². The highest BCUT2D eigenvalue weighted by Crippen LogP contribution is 2.29. The Morgan fingerprint density at radius 2 is 2.13 bits per heavy atom. The minimum Gasteiger partial charge on any atom is -0.350 e. The van der Waals surface area contributed by atoms with Gasteiger partial charge in [0.1, 0.15) is 0 Å². The Morgan fingerprint density at radius 1 is 1.30 bits per heavy atom. The summed E-state index contributed by atoms with van der Waals surface area (Å²) in [4.78, 5) is 18.3. The van der Waals surface area contributed by atoms with Crippen molar-refractivity contribution in [3.8, 4) is 0 Å². The van der Waals surface area contributed by atoms with Crippen LogP contribution < -0.4 is 5.32 Å². The van der Waals surface area contributed by atoms with Gasteiger partial charge in [-0.1, -0.05) is 18.2 Å². The van der Waals surface area contributed by atoms with E-state index in [0.29, 0.717) is 6.42 Å². The van der Waals surface area contributed by atoms with Crippen LogP contribution in [0.3, 0.4) is 0 Å². The van der Waals surface area contributed by atoms with E-state index >= 15 is 0 Å². The molecule has 1 aliphatic rings. The molecular weight excluding hydrogens is 306 g/mol. The van der Waals surface area contributed by atoms with E-state index in [9.17, 15) is 4.79 Å². The number of hydrogen-bond acceptors (Lipinski definition) is 3. The van der Waals surface area contributed by atoms with Crippen LogP contribution in [-0.2, 0) is 31.1 Å². The second-order valence-electron chi connectivity index (χ2n) is 6.10. The number of benzene rings is 1. The number of rotatable bonds is 3. The van der Waals surface area contributed by atoms with E-state index < -0.39 is 0 Å². The number of carbonyl (C=O) groups is 1. The first-order valence-electron chi connectivity index (χ1n) is 8.02. The number of nitrogens with one attached hydrogen (secondary N) is 1. The lowest BCUT2D eigenvalue weighted by Gasteiger charge is -2.06. The Morgan fingerprint density at radius 3 is 3.00 bits per heavy atom. The van der Waals surface area contributed by atoms with Crippen molar-refractivity contribution in [1.82, 2.24) is 9.55 Å². The summed E-state index contributed by atoms with van der Waals surface area (Å²) in [6, 6.07) is 8.18. The molecule has 1 amide bonds. The second-order valence-corrected chi connectivity index (χ2v) is 7.19. The number of hydrogen-bond donors (Lipinski definition) is 1. The van der Waals surface area contributed by atoms with Gasteiger partial charge in [0.25, 0.3) is 0 Å². The number of aromatic nitrogens is 2. The average molecular weight is 325 g/mol. The SMILES string of the molecule is Cn1cc(CC(=O)Nc2nc3c(s2)CCCC3)c2ccccc21. The van der Waals surface area contributed by atoms with Gasteiger partial charge >= 0.3 is 0 Å². The van der Waals surface area contributed by atoms with E-state index in [1.165, 1.54) is 23.4 Å². The van der Waals surface area contributed by atoms with Gasteiger partial charge in [-0.05, 0) is 37.3 Å². The quantitative estimate of drug-likeness (QED) is 0.798. The van der Waals surface area contributed by atoms with Crippen LogP contribution in [0.15, 0.2) is 30.5 Å². The van der Waals surface area contributed by atoms with Crippen LogP contribution in [0.1, 0.15) is 29.0 Å². The van der Waals surface area contributed by atoms with Crippen molar-refractivity contribution in [2.75, 3.05) is 5.32 Å². The van der Waals surface area contributed by atoms with E-state index in [1.54, 1.807) is 11.3 Å². The molecule has 0 atom stereocenters. The summed E-state index contributed by atoms with van der Waals surface area (Å²) < 4.78 is 2.07. The first-order chi connectivity index (χ1) is 11.2. The minimum atomic E-state index is 0.00690. The van der Waals surface area contributed by atoms with Gasteiger partial charge in [0, 0.05) is 29.0 Å². The molecule has 0 saturated carbocycles. The summed E-state index contributed by atoms with van der Waals surface area (Å²) in [6.07, 6.45) is 7.01. The Bertz CT molecular complexity index is 854. The van der Waals surface area contributed by atoms with Crippen LogP contribution in [-0.4, -0.2) is 15.5 Å². The monoisotopic (exact) mass is 325 g/mol. The maximum Gasteiger partial charge on any atom is 0.230 e. The molecule has 2 aromatic heterocycles. The molecule has 1 N–H and O–H groups in total. The van der Waals surface area contributed by atoms with Gasteiger partial charge in [-0.25, -0.2) is 4.98 Å². The van der Waals surface area contributed by atoms with Gasteiger partial charge in [0.05, 0.1) is 12.1 Å². The zero-order valence-electron chi connectivity index (χ0n) is 13.1. The summed E-state index contributed by atoms with van der Waals surface area (Å²) in [7, 11) is 2.01. The summed E-state index contributed by atoms with van der Waals surface area (Å²) in [6.45, 7) is 0. The number of fused-ring (bicyclic) bond motifs is 2. The second kappa shape index (κ2) is 5.81. The molecule has 4 nitrogen and oxygen atoms in total. The number of amides is 1. The topological polar surface area (TPSA) is 46.9 Å². The maximum absolute atomic E-state index is 12.4. The molecule has 0 spiro atoms. The zero-order valence-corrected chi connectivity index (χ0v) is 13.9. The van der Waals surface area contributed by atoms with Gasteiger partial charge < -0.3 is 9.88 Å². The van der Waals surface area contributed by atoms with Crippen LogP contribution in [0, 0.1) is 0 Å². The number of anilines is 1. The molecule has 5 heteroatoms. The van der Waals surface area contributed by atoms with Gasteiger partial charge in [0.15, 0.2) is 5.13 Å². The fourth-order valence-corrected chi connectivity index (χ4v) is 4.37. The third kappa shape index (κ3) is 2.77. The smallest absolute Gasteiger partial charge is 0.230 e. The maximum atomic E-state index is 12.4. The summed E-state index contributed by atoms with van der Waals surface area (Å²) >= 11 is 1.63. The summed E-state index contributed by atoms with van der Waals surface area (Å²) in [5.74, 6) is 0.00690. The van der Waals surface area contributed by atoms with E-state index in [4.69, 9.17) is 0 Å². The molecule has 3 aromatic rings. The molecule has 0 radical (unpaired) electrons. The molecule has 2 heterocycles. The number of para-hydroxylation sites is 1.